The van der Waals surface area contributed by atoms with Gasteiger partial charge in [-0.15, -0.1) is 0 Å². The number of rotatable bonds is 10. The summed E-state index contributed by atoms with van der Waals surface area (Å²) in [5.41, 5.74) is 2.97. The van der Waals surface area contributed by atoms with Crippen molar-refractivity contribution in [2.75, 3.05) is 37.8 Å². The molecule has 2 aromatic heterocycles. The SMILES string of the molecule is C[C@@H](c1ccc(C(F)(F)F)cc1)c1c(C2CCN(c3ncc(OCC(C)(CO)CO)cn3)CC2)nc2c(c1C1CCC(F)(F)CC1)[C@@H](O)CC(C)(C)C2. The standard InChI is InChI=1S/C40H51F5N4O4/c1-24(25-5-7-28(8-6-25)40(43,44)45)32-33(26-9-13-39(41,42)14-10-26)34-30(17-37(2,3)18-31(34)52)48-35(32)27-11-15-49(16-12-27)36-46-19-29(20-47-36)53-23-38(4,21-50)22-51/h5-8,19-20,24,26-27,31,50-52H,9-18,21-23H2,1-4H3/t24-,31-/m0/s1. The molecule has 0 bridgehead atoms. The maximum atomic E-state index is 14.6. The smallest absolute Gasteiger partial charge is 0.416 e. The van der Waals surface area contributed by atoms with Gasteiger partial charge < -0.3 is 25.0 Å². The topological polar surface area (TPSA) is 112 Å². The molecule has 1 aliphatic heterocycles. The number of alkyl halides is 5. The van der Waals surface area contributed by atoms with Crippen LogP contribution >= 0.6 is 0 Å². The Morgan fingerprint density at radius 2 is 1.53 bits per heavy atom. The minimum atomic E-state index is -4.48. The molecule has 6 rings (SSSR count). The van der Waals surface area contributed by atoms with Crippen molar-refractivity contribution in [1.29, 1.82) is 0 Å². The summed E-state index contributed by atoms with van der Waals surface area (Å²) in [6, 6.07) is 5.16. The molecular formula is C40H51F5N4O4. The lowest BCUT2D eigenvalue weighted by atomic mass is 9.67. The highest BCUT2D eigenvalue weighted by Crippen LogP contribution is 2.52. The number of aliphatic hydroxyl groups is 3. The number of fused-ring (bicyclic) bond motifs is 1. The van der Waals surface area contributed by atoms with Crippen molar-refractivity contribution in [1.82, 2.24) is 15.0 Å². The molecule has 3 aromatic rings. The molecule has 0 radical (unpaired) electrons. The summed E-state index contributed by atoms with van der Waals surface area (Å²) in [6.45, 7) is 8.66. The lowest BCUT2D eigenvalue weighted by molar-refractivity contribution is -0.137. The number of halogens is 5. The highest BCUT2D eigenvalue weighted by atomic mass is 19.4. The Labute approximate surface area is 307 Å². The molecule has 0 unspecified atom stereocenters. The van der Waals surface area contributed by atoms with Crippen LogP contribution in [0, 0.1) is 10.8 Å². The van der Waals surface area contributed by atoms with E-state index in [-0.39, 0.29) is 62.8 Å². The Morgan fingerprint density at radius 3 is 2.09 bits per heavy atom. The molecule has 3 heterocycles. The maximum Gasteiger partial charge on any atom is 0.416 e. The lowest BCUT2D eigenvalue weighted by Gasteiger charge is -2.41. The van der Waals surface area contributed by atoms with Gasteiger partial charge in [0.25, 0.3) is 0 Å². The summed E-state index contributed by atoms with van der Waals surface area (Å²) in [4.78, 5) is 16.4. The molecule has 0 spiro atoms. The van der Waals surface area contributed by atoms with Gasteiger partial charge in [-0.1, -0.05) is 39.8 Å². The maximum absolute atomic E-state index is 14.6. The molecule has 1 saturated heterocycles. The van der Waals surface area contributed by atoms with Crippen molar-refractivity contribution < 1.29 is 42.0 Å². The number of hydrogen-bond acceptors (Lipinski definition) is 8. The van der Waals surface area contributed by atoms with Crippen LogP contribution in [0.5, 0.6) is 5.75 Å². The van der Waals surface area contributed by atoms with Gasteiger partial charge in [-0.25, -0.2) is 18.7 Å². The van der Waals surface area contributed by atoms with Crippen LogP contribution in [0.3, 0.4) is 0 Å². The van der Waals surface area contributed by atoms with Crippen molar-refractivity contribution >= 4 is 5.95 Å². The van der Waals surface area contributed by atoms with Crippen molar-refractivity contribution in [3.63, 3.8) is 0 Å². The van der Waals surface area contributed by atoms with E-state index < -0.39 is 35.1 Å². The molecule has 1 saturated carbocycles. The van der Waals surface area contributed by atoms with E-state index in [1.54, 1.807) is 19.3 Å². The third-order valence-electron chi connectivity index (χ3n) is 11.6. The van der Waals surface area contributed by atoms with Crippen LogP contribution in [0.1, 0.15) is 136 Å². The predicted octanol–water partition coefficient (Wildman–Crippen LogP) is 8.09. The van der Waals surface area contributed by atoms with Gasteiger partial charge in [0.2, 0.25) is 11.9 Å². The minimum absolute atomic E-state index is 0.0355. The molecule has 290 valence electrons. The number of ether oxygens (including phenoxy) is 1. The molecular weight excluding hydrogens is 695 g/mol. The van der Waals surface area contributed by atoms with Crippen LogP contribution in [0.4, 0.5) is 27.9 Å². The van der Waals surface area contributed by atoms with E-state index >= 15 is 0 Å². The van der Waals surface area contributed by atoms with Gasteiger partial charge in [0.1, 0.15) is 0 Å². The molecule has 53 heavy (non-hydrogen) atoms. The number of nitrogens with zero attached hydrogens (tertiary/aromatic N) is 4. The normalized spacial score (nSPS) is 21.7. The number of anilines is 1. The Balaban J connectivity index is 1.36. The number of piperidine rings is 1. The van der Waals surface area contributed by atoms with Crippen LogP contribution in [0.15, 0.2) is 36.7 Å². The van der Waals surface area contributed by atoms with Crippen molar-refractivity contribution in [3.05, 3.63) is 75.9 Å². The molecule has 1 aromatic carbocycles. The summed E-state index contributed by atoms with van der Waals surface area (Å²) in [6.07, 6.45) is 0.259. The van der Waals surface area contributed by atoms with E-state index in [4.69, 9.17) is 9.72 Å². The van der Waals surface area contributed by atoms with Gasteiger partial charge in [0, 0.05) is 60.1 Å². The number of pyridine rings is 1. The molecule has 13 heteroatoms. The summed E-state index contributed by atoms with van der Waals surface area (Å²) in [5.74, 6) is -2.51. The summed E-state index contributed by atoms with van der Waals surface area (Å²) in [7, 11) is 0. The second kappa shape index (κ2) is 15.0. The average Bonchev–Trinajstić information content (AvgIpc) is 3.12. The van der Waals surface area contributed by atoms with Gasteiger partial charge in [0.05, 0.1) is 43.9 Å². The van der Waals surface area contributed by atoms with Gasteiger partial charge in [0.15, 0.2) is 5.75 Å². The number of benzene rings is 1. The average molecular weight is 747 g/mol. The second-order valence-corrected chi connectivity index (χ2v) is 16.6. The first-order valence-corrected chi connectivity index (χ1v) is 18.6. The van der Waals surface area contributed by atoms with Crippen LogP contribution in [-0.4, -0.2) is 69.1 Å². The van der Waals surface area contributed by atoms with Crippen LogP contribution in [0.25, 0.3) is 0 Å². The van der Waals surface area contributed by atoms with E-state index in [0.717, 1.165) is 40.2 Å². The van der Waals surface area contributed by atoms with Crippen molar-refractivity contribution in [3.8, 4) is 5.75 Å². The monoisotopic (exact) mass is 746 g/mol. The van der Waals surface area contributed by atoms with E-state index in [0.29, 0.717) is 56.0 Å². The predicted molar refractivity (Wildman–Crippen MR) is 190 cm³/mol. The Kier molecular flexibility index (Phi) is 11.1. The zero-order chi connectivity index (χ0) is 38.3. The summed E-state index contributed by atoms with van der Waals surface area (Å²) < 4.78 is 75.5. The van der Waals surface area contributed by atoms with E-state index in [1.165, 1.54) is 12.1 Å². The number of hydrogen-bond donors (Lipinski definition) is 3. The van der Waals surface area contributed by atoms with Crippen molar-refractivity contribution in [2.45, 2.75) is 115 Å². The third-order valence-corrected chi connectivity index (χ3v) is 11.6. The molecule has 8 nitrogen and oxygen atoms in total. The van der Waals surface area contributed by atoms with Gasteiger partial charge in [-0.2, -0.15) is 13.2 Å². The Morgan fingerprint density at radius 1 is 0.925 bits per heavy atom. The van der Waals surface area contributed by atoms with E-state index in [9.17, 15) is 37.3 Å². The zero-order valence-corrected chi connectivity index (χ0v) is 30.9. The van der Waals surface area contributed by atoms with E-state index in [2.05, 4.69) is 28.7 Å². The molecule has 3 aliphatic rings. The Bertz CT molecular complexity index is 1710. The molecule has 3 N–H and O–H groups in total. The summed E-state index contributed by atoms with van der Waals surface area (Å²) >= 11 is 0. The largest absolute Gasteiger partial charge is 0.490 e. The van der Waals surface area contributed by atoms with Gasteiger partial charge >= 0.3 is 6.18 Å². The number of aliphatic hydroxyl groups excluding tert-OH is 3. The fraction of sp³-hybridized carbons (Fsp3) is 0.625. The summed E-state index contributed by atoms with van der Waals surface area (Å²) in [5, 5.41) is 30.8. The Hall–Kier alpha value is -3.42. The highest BCUT2D eigenvalue weighted by Gasteiger charge is 2.43. The number of aromatic nitrogens is 3. The van der Waals surface area contributed by atoms with Crippen LogP contribution < -0.4 is 9.64 Å². The fourth-order valence-electron chi connectivity index (χ4n) is 8.32. The lowest BCUT2D eigenvalue weighted by Crippen LogP contribution is -2.36. The second-order valence-electron chi connectivity index (χ2n) is 16.6. The quantitative estimate of drug-likeness (QED) is 0.179. The first-order valence-electron chi connectivity index (χ1n) is 18.6. The first-order chi connectivity index (χ1) is 24.9. The highest BCUT2D eigenvalue weighted by molar-refractivity contribution is 5.52. The van der Waals surface area contributed by atoms with E-state index in [1.807, 2.05) is 6.92 Å². The third kappa shape index (κ3) is 8.62. The minimum Gasteiger partial charge on any atom is -0.490 e. The van der Waals surface area contributed by atoms with Gasteiger partial charge in [-0.05, 0) is 78.7 Å². The van der Waals surface area contributed by atoms with Gasteiger partial charge in [-0.3, -0.25) is 4.98 Å². The molecule has 2 fully saturated rings. The van der Waals surface area contributed by atoms with Crippen LogP contribution in [-0.2, 0) is 12.6 Å². The zero-order valence-electron chi connectivity index (χ0n) is 30.9. The van der Waals surface area contributed by atoms with Crippen LogP contribution in [0.2, 0.25) is 0 Å². The fourth-order valence-corrected chi connectivity index (χ4v) is 8.32. The molecule has 2 aliphatic carbocycles. The first kappa shape index (κ1) is 39.3. The molecule has 0 amide bonds. The molecule has 2 atom stereocenters. The van der Waals surface area contributed by atoms with Crippen molar-refractivity contribution in [2.24, 2.45) is 10.8 Å².